The van der Waals surface area contributed by atoms with E-state index in [1.807, 2.05) is 19.0 Å². The second-order valence-electron chi connectivity index (χ2n) is 4.51. The fourth-order valence-electron chi connectivity index (χ4n) is 1.40. The molecule has 16 heavy (non-hydrogen) atoms. The van der Waals surface area contributed by atoms with Crippen molar-refractivity contribution in [2.45, 2.75) is 18.6 Å². The molecule has 2 atom stereocenters. The van der Waals surface area contributed by atoms with Crippen LogP contribution in [0.1, 0.15) is 6.92 Å². The minimum absolute atomic E-state index is 0.168. The highest BCUT2D eigenvalue weighted by Gasteiger charge is 2.23. The Kier molecular flexibility index (Phi) is 6.51. The molecule has 0 heterocycles. The summed E-state index contributed by atoms with van der Waals surface area (Å²) in [5, 5.41) is 12.5. The van der Waals surface area contributed by atoms with Crippen molar-refractivity contribution in [1.29, 1.82) is 0 Å². The first-order valence-corrected chi connectivity index (χ1v) is 5.18. The summed E-state index contributed by atoms with van der Waals surface area (Å²) >= 11 is 0. The zero-order valence-corrected chi connectivity index (χ0v) is 10.5. The molecule has 6 heteroatoms. The van der Waals surface area contributed by atoms with Crippen molar-refractivity contribution in [3.8, 4) is 0 Å². The smallest absolute Gasteiger partial charge is 0.239 e. The highest BCUT2D eigenvalue weighted by Crippen LogP contribution is 2.02. The van der Waals surface area contributed by atoms with Crippen LogP contribution < -0.4 is 11.1 Å². The van der Waals surface area contributed by atoms with Crippen LogP contribution >= 0.6 is 0 Å². The van der Waals surface area contributed by atoms with Crippen molar-refractivity contribution in [3.05, 3.63) is 0 Å². The average molecular weight is 233 g/mol. The largest absolute Gasteiger partial charge is 0.387 e. The summed E-state index contributed by atoms with van der Waals surface area (Å²) < 4.78 is 4.76. The molecule has 0 saturated carbocycles. The average Bonchev–Trinajstić information content (AvgIpc) is 2.12. The number of amides is 1. The second kappa shape index (κ2) is 6.80. The quantitative estimate of drug-likeness (QED) is 0.492. The number of ether oxygens (including phenoxy) is 1. The molecule has 0 saturated heterocycles. The standard InChI is InChI=1S/C10H23N3O3/c1-10(15,7-13(2)3)6-12-9(14)8(11)5-16-4/h8,15H,5-7,11H2,1-4H3,(H,12,14). The lowest BCUT2D eigenvalue weighted by Gasteiger charge is -2.27. The van der Waals surface area contributed by atoms with E-state index in [2.05, 4.69) is 5.32 Å². The van der Waals surface area contributed by atoms with Crippen LogP contribution in [-0.2, 0) is 9.53 Å². The molecule has 0 aliphatic carbocycles. The number of nitrogens with two attached hydrogens (primary N) is 1. The molecule has 0 aliphatic heterocycles. The number of carbonyl (C=O) groups excluding carboxylic acids is 1. The van der Waals surface area contributed by atoms with Gasteiger partial charge in [0.15, 0.2) is 0 Å². The number of rotatable bonds is 7. The summed E-state index contributed by atoms with van der Waals surface area (Å²) in [5.41, 5.74) is 4.56. The normalized spacial score (nSPS) is 16.9. The Morgan fingerprint density at radius 3 is 2.62 bits per heavy atom. The van der Waals surface area contributed by atoms with Crippen LogP contribution in [0.2, 0.25) is 0 Å². The Hall–Kier alpha value is -0.690. The first-order valence-electron chi connectivity index (χ1n) is 5.18. The van der Waals surface area contributed by atoms with Gasteiger partial charge in [-0.3, -0.25) is 4.79 Å². The number of hydrogen-bond donors (Lipinski definition) is 3. The maximum atomic E-state index is 11.4. The van der Waals surface area contributed by atoms with E-state index in [1.165, 1.54) is 7.11 Å². The van der Waals surface area contributed by atoms with Crippen LogP contribution in [0.3, 0.4) is 0 Å². The highest BCUT2D eigenvalue weighted by molar-refractivity contribution is 5.81. The predicted octanol–water partition coefficient (Wildman–Crippen LogP) is -1.61. The third kappa shape index (κ3) is 6.73. The van der Waals surface area contributed by atoms with Crippen LogP contribution in [0.4, 0.5) is 0 Å². The van der Waals surface area contributed by atoms with Crippen molar-refractivity contribution in [1.82, 2.24) is 10.2 Å². The van der Waals surface area contributed by atoms with E-state index in [4.69, 9.17) is 10.5 Å². The molecule has 0 aliphatic rings. The molecule has 96 valence electrons. The summed E-state index contributed by atoms with van der Waals surface area (Å²) in [6.45, 7) is 2.46. The van der Waals surface area contributed by atoms with Gasteiger partial charge in [0.05, 0.1) is 12.2 Å². The van der Waals surface area contributed by atoms with Gasteiger partial charge in [0, 0.05) is 20.2 Å². The molecule has 0 bridgehead atoms. The van der Waals surface area contributed by atoms with Crippen LogP contribution in [0.15, 0.2) is 0 Å². The molecule has 0 fully saturated rings. The Morgan fingerprint density at radius 2 is 2.19 bits per heavy atom. The van der Waals surface area contributed by atoms with Crippen molar-refractivity contribution in [2.75, 3.05) is 40.9 Å². The summed E-state index contributed by atoms with van der Waals surface area (Å²) in [4.78, 5) is 13.3. The Morgan fingerprint density at radius 1 is 1.62 bits per heavy atom. The molecule has 4 N–H and O–H groups in total. The first-order chi connectivity index (χ1) is 7.28. The molecule has 6 nitrogen and oxygen atoms in total. The number of aliphatic hydroxyl groups is 1. The van der Waals surface area contributed by atoms with Crippen LogP contribution in [0.5, 0.6) is 0 Å². The summed E-state index contributed by atoms with van der Waals surface area (Å²) in [6.07, 6.45) is 0. The van der Waals surface area contributed by atoms with Gasteiger partial charge in [-0.1, -0.05) is 0 Å². The fourth-order valence-corrected chi connectivity index (χ4v) is 1.40. The van der Waals surface area contributed by atoms with E-state index in [9.17, 15) is 9.90 Å². The van der Waals surface area contributed by atoms with Crippen molar-refractivity contribution in [2.24, 2.45) is 5.73 Å². The fraction of sp³-hybridized carbons (Fsp3) is 0.900. The number of methoxy groups -OCH3 is 1. The maximum Gasteiger partial charge on any atom is 0.239 e. The van der Waals surface area contributed by atoms with Crippen LogP contribution in [0.25, 0.3) is 0 Å². The summed E-state index contributed by atoms with van der Waals surface area (Å²) in [6, 6.07) is -0.694. The molecule has 0 aromatic heterocycles. The van der Waals surface area contributed by atoms with Gasteiger partial charge in [-0.05, 0) is 21.0 Å². The van der Waals surface area contributed by atoms with Crippen molar-refractivity contribution < 1.29 is 14.6 Å². The SMILES string of the molecule is COCC(N)C(=O)NCC(C)(O)CN(C)C. The molecule has 0 radical (unpaired) electrons. The van der Waals surface area contributed by atoms with Gasteiger partial charge in [-0.25, -0.2) is 0 Å². The van der Waals surface area contributed by atoms with Crippen molar-refractivity contribution in [3.63, 3.8) is 0 Å². The zero-order valence-electron chi connectivity index (χ0n) is 10.5. The molecular weight excluding hydrogens is 210 g/mol. The third-order valence-corrected chi connectivity index (χ3v) is 1.98. The van der Waals surface area contributed by atoms with Gasteiger partial charge >= 0.3 is 0 Å². The molecule has 0 spiro atoms. The Bertz CT molecular complexity index is 219. The van der Waals surface area contributed by atoms with E-state index in [0.29, 0.717) is 6.54 Å². The lowest BCUT2D eigenvalue weighted by atomic mass is 10.1. The van der Waals surface area contributed by atoms with E-state index < -0.39 is 11.6 Å². The number of hydrogen-bond acceptors (Lipinski definition) is 5. The third-order valence-electron chi connectivity index (χ3n) is 1.98. The topological polar surface area (TPSA) is 87.8 Å². The summed E-state index contributed by atoms with van der Waals surface area (Å²) in [5.74, 6) is -0.319. The van der Waals surface area contributed by atoms with E-state index in [-0.39, 0.29) is 19.1 Å². The minimum Gasteiger partial charge on any atom is -0.387 e. The number of carbonyl (C=O) groups is 1. The molecule has 1 amide bonds. The van der Waals surface area contributed by atoms with Crippen LogP contribution in [-0.4, -0.2) is 68.5 Å². The number of nitrogens with one attached hydrogen (secondary N) is 1. The zero-order chi connectivity index (χ0) is 12.8. The Labute approximate surface area is 96.7 Å². The highest BCUT2D eigenvalue weighted by atomic mass is 16.5. The summed E-state index contributed by atoms with van der Waals surface area (Å²) in [7, 11) is 5.19. The van der Waals surface area contributed by atoms with E-state index >= 15 is 0 Å². The maximum absolute atomic E-state index is 11.4. The number of likely N-dealkylation sites (N-methyl/N-ethyl adjacent to an activating group) is 1. The second-order valence-corrected chi connectivity index (χ2v) is 4.51. The molecule has 0 rings (SSSR count). The van der Waals surface area contributed by atoms with Gasteiger partial charge in [0.2, 0.25) is 5.91 Å². The van der Waals surface area contributed by atoms with Gasteiger partial charge in [-0.15, -0.1) is 0 Å². The van der Waals surface area contributed by atoms with Gasteiger partial charge in [0.25, 0.3) is 0 Å². The van der Waals surface area contributed by atoms with Gasteiger partial charge in [-0.2, -0.15) is 0 Å². The molecule has 0 aromatic rings. The molecular formula is C10H23N3O3. The van der Waals surface area contributed by atoms with Crippen molar-refractivity contribution >= 4 is 5.91 Å². The lowest BCUT2D eigenvalue weighted by molar-refractivity contribution is -0.124. The van der Waals surface area contributed by atoms with Gasteiger partial charge in [0.1, 0.15) is 6.04 Å². The first kappa shape index (κ1) is 15.3. The minimum atomic E-state index is -0.966. The number of nitrogens with zero attached hydrogens (tertiary/aromatic N) is 1. The molecule has 0 aromatic carbocycles. The van der Waals surface area contributed by atoms with E-state index in [1.54, 1.807) is 6.92 Å². The lowest BCUT2D eigenvalue weighted by Crippen LogP contribution is -2.51. The Balaban J connectivity index is 3.99. The molecule has 2 unspecified atom stereocenters. The van der Waals surface area contributed by atoms with E-state index in [0.717, 1.165) is 0 Å². The van der Waals surface area contributed by atoms with Gasteiger partial charge < -0.3 is 25.8 Å². The van der Waals surface area contributed by atoms with Crippen LogP contribution in [0, 0.1) is 0 Å². The predicted molar refractivity (Wildman–Crippen MR) is 62.0 cm³/mol. The monoisotopic (exact) mass is 233 g/mol.